The Morgan fingerprint density at radius 3 is 1.89 bits per heavy atom. The van der Waals surface area contributed by atoms with Crippen molar-refractivity contribution in [2.75, 3.05) is 0 Å². The molecule has 0 heterocycles. The van der Waals surface area contributed by atoms with Crippen molar-refractivity contribution >= 4 is 0 Å². The van der Waals surface area contributed by atoms with Gasteiger partial charge in [0.2, 0.25) is 0 Å². The summed E-state index contributed by atoms with van der Waals surface area (Å²) < 4.78 is 0. The molecule has 1 aromatic carbocycles. The predicted octanol–water partition coefficient (Wildman–Crippen LogP) is 4.29. The van der Waals surface area contributed by atoms with E-state index in [-0.39, 0.29) is 16.9 Å². The van der Waals surface area contributed by atoms with Gasteiger partial charge < -0.3 is 5.73 Å². The normalized spacial score (nSPS) is 14.6. The highest BCUT2D eigenvalue weighted by atomic mass is 14.6. The largest absolute Gasteiger partial charge is 0.328 e. The van der Waals surface area contributed by atoms with E-state index in [1.54, 1.807) is 0 Å². The van der Waals surface area contributed by atoms with Crippen molar-refractivity contribution in [2.45, 2.75) is 65.8 Å². The van der Waals surface area contributed by atoms with Crippen LogP contribution in [-0.2, 0) is 11.8 Å². The Labute approximate surface area is 113 Å². The summed E-state index contributed by atoms with van der Waals surface area (Å²) in [5.41, 5.74) is 9.23. The van der Waals surface area contributed by atoms with Crippen molar-refractivity contribution in [1.29, 1.82) is 0 Å². The van der Waals surface area contributed by atoms with Crippen LogP contribution in [0.15, 0.2) is 24.3 Å². The van der Waals surface area contributed by atoms with Crippen molar-refractivity contribution in [3.8, 4) is 0 Å². The van der Waals surface area contributed by atoms with Gasteiger partial charge in [-0.05, 0) is 41.7 Å². The summed E-state index contributed by atoms with van der Waals surface area (Å²) in [6.45, 7) is 13.4. The summed E-state index contributed by atoms with van der Waals surface area (Å²) in [5, 5.41) is 0. The van der Waals surface area contributed by atoms with Crippen LogP contribution in [0.1, 0.15) is 59.1 Å². The van der Waals surface area contributed by atoms with E-state index in [1.807, 2.05) is 0 Å². The van der Waals surface area contributed by atoms with Crippen LogP contribution < -0.4 is 5.73 Å². The molecule has 0 fully saturated rings. The highest BCUT2D eigenvalue weighted by Crippen LogP contribution is 2.28. The Morgan fingerprint density at radius 2 is 1.50 bits per heavy atom. The fourth-order valence-electron chi connectivity index (χ4n) is 2.62. The average Bonchev–Trinajstić information content (AvgIpc) is 2.13. The van der Waals surface area contributed by atoms with Gasteiger partial charge in [0.1, 0.15) is 0 Å². The van der Waals surface area contributed by atoms with Gasteiger partial charge >= 0.3 is 0 Å². The minimum atomic E-state index is 0.236. The van der Waals surface area contributed by atoms with E-state index in [0.29, 0.717) is 0 Å². The molecule has 0 aromatic heterocycles. The van der Waals surface area contributed by atoms with Crippen LogP contribution in [0.5, 0.6) is 0 Å². The highest BCUT2D eigenvalue weighted by Gasteiger charge is 2.20. The molecule has 0 saturated heterocycles. The van der Waals surface area contributed by atoms with Gasteiger partial charge in [-0.1, -0.05) is 58.9 Å². The minimum absolute atomic E-state index is 0.236. The molecule has 0 spiro atoms. The van der Waals surface area contributed by atoms with Gasteiger partial charge in [-0.3, -0.25) is 0 Å². The first kappa shape index (κ1) is 15.2. The van der Waals surface area contributed by atoms with Crippen LogP contribution >= 0.6 is 0 Å². The van der Waals surface area contributed by atoms with Crippen molar-refractivity contribution in [2.24, 2.45) is 11.1 Å². The Bertz CT molecular complexity index is 366. The molecule has 0 saturated carbocycles. The summed E-state index contributed by atoms with van der Waals surface area (Å²) in [7, 11) is 0. The topological polar surface area (TPSA) is 26.0 Å². The minimum Gasteiger partial charge on any atom is -0.328 e. The maximum Gasteiger partial charge on any atom is 0.00156 e. The van der Waals surface area contributed by atoms with Gasteiger partial charge in [0.25, 0.3) is 0 Å². The van der Waals surface area contributed by atoms with Crippen LogP contribution in [-0.4, -0.2) is 6.04 Å². The van der Waals surface area contributed by atoms with Crippen LogP contribution in [0, 0.1) is 5.41 Å². The van der Waals surface area contributed by atoms with Crippen molar-refractivity contribution in [3.05, 3.63) is 35.4 Å². The highest BCUT2D eigenvalue weighted by molar-refractivity contribution is 5.28. The quantitative estimate of drug-likeness (QED) is 0.844. The fraction of sp³-hybridized carbons (Fsp3) is 0.647. The zero-order valence-corrected chi connectivity index (χ0v) is 12.9. The molecule has 18 heavy (non-hydrogen) atoms. The zero-order valence-electron chi connectivity index (χ0n) is 12.9. The molecule has 1 heteroatoms. The molecule has 0 bridgehead atoms. The third kappa shape index (κ3) is 4.81. The molecule has 1 atom stereocenters. The predicted molar refractivity (Wildman–Crippen MR) is 80.9 cm³/mol. The lowest BCUT2D eigenvalue weighted by molar-refractivity contribution is 0.309. The second-order valence-electron chi connectivity index (χ2n) is 7.47. The Hall–Kier alpha value is -0.820. The molecule has 1 unspecified atom stereocenters. The van der Waals surface area contributed by atoms with E-state index in [4.69, 9.17) is 5.73 Å². The van der Waals surface area contributed by atoms with Crippen LogP contribution in [0.25, 0.3) is 0 Å². The lowest BCUT2D eigenvalue weighted by Crippen LogP contribution is -2.26. The molecule has 0 aliphatic carbocycles. The average molecular weight is 247 g/mol. The van der Waals surface area contributed by atoms with Crippen LogP contribution in [0.2, 0.25) is 0 Å². The third-order valence-electron chi connectivity index (χ3n) is 3.38. The second-order valence-corrected chi connectivity index (χ2v) is 7.47. The Balaban J connectivity index is 2.75. The fourth-order valence-corrected chi connectivity index (χ4v) is 2.62. The van der Waals surface area contributed by atoms with Crippen LogP contribution in [0.4, 0.5) is 0 Å². The molecule has 1 rings (SSSR count). The van der Waals surface area contributed by atoms with E-state index < -0.39 is 0 Å². The van der Waals surface area contributed by atoms with Gasteiger partial charge in [-0.15, -0.1) is 0 Å². The SMILES string of the molecule is CC(N)CC(C)(C)Cc1ccc(C(C)(C)C)cc1. The van der Waals surface area contributed by atoms with Gasteiger partial charge in [0.05, 0.1) is 0 Å². The number of nitrogens with two attached hydrogens (primary N) is 1. The molecule has 1 aromatic rings. The molecule has 102 valence electrons. The summed E-state index contributed by atoms with van der Waals surface area (Å²) in [5.74, 6) is 0. The third-order valence-corrected chi connectivity index (χ3v) is 3.38. The van der Waals surface area contributed by atoms with E-state index in [9.17, 15) is 0 Å². The number of rotatable bonds is 4. The standard InChI is InChI=1S/C17H29N/c1-13(18)11-17(5,6)12-14-7-9-15(10-8-14)16(2,3)4/h7-10,13H,11-12,18H2,1-6H3. The summed E-state index contributed by atoms with van der Waals surface area (Å²) >= 11 is 0. The van der Waals surface area contributed by atoms with Gasteiger partial charge in [-0.2, -0.15) is 0 Å². The zero-order chi connectivity index (χ0) is 14.0. The van der Waals surface area contributed by atoms with E-state index >= 15 is 0 Å². The molecular weight excluding hydrogens is 218 g/mol. The van der Waals surface area contributed by atoms with Gasteiger partial charge in [0, 0.05) is 6.04 Å². The maximum absolute atomic E-state index is 5.91. The number of benzene rings is 1. The van der Waals surface area contributed by atoms with Crippen LogP contribution in [0.3, 0.4) is 0 Å². The summed E-state index contributed by atoms with van der Waals surface area (Å²) in [4.78, 5) is 0. The first-order chi connectivity index (χ1) is 8.10. The molecule has 0 amide bonds. The van der Waals surface area contributed by atoms with E-state index in [1.165, 1.54) is 11.1 Å². The molecule has 0 radical (unpaired) electrons. The Kier molecular flexibility index (Phi) is 4.61. The summed E-state index contributed by atoms with van der Waals surface area (Å²) in [6.07, 6.45) is 2.16. The van der Waals surface area contributed by atoms with E-state index in [0.717, 1.165) is 12.8 Å². The smallest absolute Gasteiger partial charge is 0.00156 e. The lowest BCUT2D eigenvalue weighted by Gasteiger charge is -2.27. The lowest BCUT2D eigenvalue weighted by atomic mass is 9.79. The maximum atomic E-state index is 5.91. The van der Waals surface area contributed by atoms with Crippen molar-refractivity contribution in [3.63, 3.8) is 0 Å². The molecule has 0 aliphatic rings. The molecule has 2 N–H and O–H groups in total. The first-order valence-corrected chi connectivity index (χ1v) is 6.95. The number of hydrogen-bond donors (Lipinski definition) is 1. The molecule has 0 aliphatic heterocycles. The van der Waals surface area contributed by atoms with E-state index in [2.05, 4.69) is 65.8 Å². The van der Waals surface area contributed by atoms with Gasteiger partial charge in [0.15, 0.2) is 0 Å². The molecule has 1 nitrogen and oxygen atoms in total. The Morgan fingerprint density at radius 1 is 1.00 bits per heavy atom. The summed E-state index contributed by atoms with van der Waals surface area (Å²) in [6, 6.07) is 9.33. The first-order valence-electron chi connectivity index (χ1n) is 6.95. The monoisotopic (exact) mass is 247 g/mol. The molecular formula is C17H29N. The van der Waals surface area contributed by atoms with Crippen molar-refractivity contribution in [1.82, 2.24) is 0 Å². The number of hydrogen-bond acceptors (Lipinski definition) is 1. The van der Waals surface area contributed by atoms with Gasteiger partial charge in [-0.25, -0.2) is 0 Å². The van der Waals surface area contributed by atoms with Crippen molar-refractivity contribution < 1.29 is 0 Å². The second kappa shape index (κ2) is 5.44.